The molecule has 0 heterocycles. The van der Waals surface area contributed by atoms with Crippen LogP contribution in [0.1, 0.15) is 67.2 Å². The van der Waals surface area contributed by atoms with E-state index in [-0.39, 0.29) is 11.8 Å². The lowest BCUT2D eigenvalue weighted by Gasteiger charge is -2.45. The molecule has 5 rings (SSSR count). The van der Waals surface area contributed by atoms with E-state index in [0.717, 1.165) is 25.8 Å². The molecule has 2 heteroatoms. The molecule has 1 N–H and O–H groups in total. The summed E-state index contributed by atoms with van der Waals surface area (Å²) < 4.78 is 0. The van der Waals surface area contributed by atoms with E-state index in [1.54, 1.807) is 0 Å². The van der Waals surface area contributed by atoms with Crippen LogP contribution in [0.25, 0.3) is 0 Å². The van der Waals surface area contributed by atoms with E-state index in [1.807, 2.05) is 6.92 Å². The van der Waals surface area contributed by atoms with Crippen LogP contribution < -0.4 is 5.32 Å². The molecule has 2 bridgehead atoms. The fourth-order valence-electron chi connectivity index (χ4n) is 4.93. The van der Waals surface area contributed by atoms with Crippen molar-refractivity contribution in [2.24, 2.45) is 11.8 Å². The first kappa shape index (κ1) is 16.4. The van der Waals surface area contributed by atoms with Crippen molar-refractivity contribution >= 4 is 5.91 Å². The fourth-order valence-corrected chi connectivity index (χ4v) is 4.93. The normalized spacial score (nSPS) is 24.3. The summed E-state index contributed by atoms with van der Waals surface area (Å²) in [5, 5.41) is 3.24. The highest BCUT2D eigenvalue weighted by atomic mass is 16.1. The average molecular weight is 333 g/mol. The van der Waals surface area contributed by atoms with E-state index in [4.69, 9.17) is 0 Å². The minimum absolute atomic E-state index is 0.116. The van der Waals surface area contributed by atoms with Crippen LogP contribution >= 0.6 is 0 Å². The van der Waals surface area contributed by atoms with Crippen LogP contribution in [0.4, 0.5) is 0 Å². The van der Waals surface area contributed by atoms with Gasteiger partial charge < -0.3 is 5.32 Å². The first-order chi connectivity index (χ1) is 12.2. The monoisotopic (exact) mass is 333 g/mol. The van der Waals surface area contributed by atoms with Gasteiger partial charge in [-0.2, -0.15) is 0 Å². The zero-order valence-corrected chi connectivity index (χ0v) is 15.2. The molecule has 0 spiro atoms. The molecule has 0 saturated heterocycles. The smallest absolute Gasteiger partial charge is 0.222 e. The van der Waals surface area contributed by atoms with E-state index < -0.39 is 0 Å². The Morgan fingerprint density at radius 3 is 2.16 bits per heavy atom. The van der Waals surface area contributed by atoms with Crippen molar-refractivity contribution in [1.82, 2.24) is 5.32 Å². The number of hydrogen-bond donors (Lipinski definition) is 1. The lowest BCUT2D eigenvalue weighted by atomic mass is 9.59. The van der Waals surface area contributed by atoms with Gasteiger partial charge in [0.15, 0.2) is 0 Å². The molecular formula is C23H27NO. The van der Waals surface area contributed by atoms with Crippen LogP contribution in [0.2, 0.25) is 0 Å². The van der Waals surface area contributed by atoms with Crippen molar-refractivity contribution < 1.29 is 4.79 Å². The molecule has 0 aliphatic heterocycles. The van der Waals surface area contributed by atoms with E-state index in [2.05, 4.69) is 60.8 Å². The highest BCUT2D eigenvalue weighted by Gasteiger charge is 2.42. The predicted molar refractivity (Wildman–Crippen MR) is 102 cm³/mol. The van der Waals surface area contributed by atoms with Crippen LogP contribution in [0.15, 0.2) is 48.5 Å². The molecule has 0 unspecified atom stereocenters. The van der Waals surface area contributed by atoms with Gasteiger partial charge in [0.25, 0.3) is 0 Å². The Morgan fingerprint density at radius 2 is 1.60 bits per heavy atom. The maximum Gasteiger partial charge on any atom is 0.222 e. The number of benzene rings is 2. The molecule has 0 radical (unpaired) electrons. The van der Waals surface area contributed by atoms with Gasteiger partial charge >= 0.3 is 0 Å². The van der Waals surface area contributed by atoms with Gasteiger partial charge in [-0.05, 0) is 41.0 Å². The molecule has 130 valence electrons. The van der Waals surface area contributed by atoms with E-state index in [1.165, 1.54) is 22.3 Å². The Morgan fingerprint density at radius 1 is 1.04 bits per heavy atom. The number of nitrogens with one attached hydrogen (secondary N) is 1. The molecule has 3 aliphatic carbocycles. The van der Waals surface area contributed by atoms with Crippen LogP contribution in [0, 0.1) is 11.8 Å². The quantitative estimate of drug-likeness (QED) is 0.834. The molecule has 2 atom stereocenters. The summed E-state index contributed by atoms with van der Waals surface area (Å²) in [6, 6.07) is 17.8. The fraction of sp³-hybridized carbons (Fsp3) is 0.435. The number of carbonyl (C=O) groups excluding carboxylic acids is 1. The van der Waals surface area contributed by atoms with E-state index >= 15 is 0 Å². The maximum absolute atomic E-state index is 12.4. The van der Waals surface area contributed by atoms with Gasteiger partial charge in [-0.15, -0.1) is 0 Å². The average Bonchev–Trinajstić information content (AvgIpc) is 2.66. The molecule has 3 aliphatic rings. The van der Waals surface area contributed by atoms with Gasteiger partial charge in [-0.1, -0.05) is 68.8 Å². The lowest BCUT2D eigenvalue weighted by molar-refractivity contribution is -0.124. The summed E-state index contributed by atoms with van der Waals surface area (Å²) in [7, 11) is 0. The van der Waals surface area contributed by atoms with Crippen LogP contribution in [0.3, 0.4) is 0 Å². The minimum Gasteiger partial charge on any atom is -0.356 e. The molecule has 2 aromatic rings. The third-order valence-electron chi connectivity index (χ3n) is 6.13. The van der Waals surface area contributed by atoms with Gasteiger partial charge in [0.1, 0.15) is 0 Å². The van der Waals surface area contributed by atoms with E-state index in [9.17, 15) is 4.79 Å². The molecule has 1 amide bonds. The van der Waals surface area contributed by atoms with Crippen molar-refractivity contribution in [3.05, 3.63) is 70.8 Å². The Kier molecular flexibility index (Phi) is 4.37. The second-order valence-corrected chi connectivity index (χ2v) is 7.72. The molecular weight excluding hydrogens is 306 g/mol. The number of amides is 1. The molecule has 0 fully saturated rings. The van der Waals surface area contributed by atoms with Crippen LogP contribution in [-0.4, -0.2) is 12.5 Å². The van der Waals surface area contributed by atoms with Crippen LogP contribution in [0.5, 0.6) is 0 Å². The third kappa shape index (κ3) is 2.78. The van der Waals surface area contributed by atoms with Crippen molar-refractivity contribution in [3.8, 4) is 0 Å². The SMILES string of the molecule is CCC[C@H](C)C(=O)NC[C@H]1CC2c3ccccc3C1c1ccccc12. The summed E-state index contributed by atoms with van der Waals surface area (Å²) in [5.41, 5.74) is 5.93. The Bertz CT molecular complexity index is 734. The molecule has 2 nitrogen and oxygen atoms in total. The van der Waals surface area contributed by atoms with Crippen molar-refractivity contribution in [1.29, 1.82) is 0 Å². The highest BCUT2D eigenvalue weighted by molar-refractivity contribution is 5.78. The Hall–Kier alpha value is -2.09. The van der Waals surface area contributed by atoms with Crippen LogP contribution in [-0.2, 0) is 4.79 Å². The van der Waals surface area contributed by atoms with E-state index in [0.29, 0.717) is 17.8 Å². The zero-order chi connectivity index (χ0) is 17.4. The van der Waals surface area contributed by atoms with Gasteiger partial charge in [-0.3, -0.25) is 4.79 Å². The summed E-state index contributed by atoms with van der Waals surface area (Å²) in [6.45, 7) is 4.96. The molecule has 25 heavy (non-hydrogen) atoms. The van der Waals surface area contributed by atoms with Gasteiger partial charge in [-0.25, -0.2) is 0 Å². The minimum atomic E-state index is 0.116. The maximum atomic E-state index is 12.4. The van der Waals surface area contributed by atoms with Crippen molar-refractivity contribution in [3.63, 3.8) is 0 Å². The molecule has 2 aromatic carbocycles. The summed E-state index contributed by atoms with van der Waals surface area (Å²) in [5.74, 6) is 1.72. The molecule has 0 aromatic heterocycles. The highest BCUT2D eigenvalue weighted by Crippen LogP contribution is 2.55. The standard InChI is InChI=1S/C23H27NO/c1-3-8-15(2)23(25)24-14-16-13-21-17-9-4-6-11-19(17)22(16)20-12-7-5-10-18(20)21/h4-7,9-12,15-16,21-22H,3,8,13-14H2,1-2H3,(H,24,25)/t15-,16+,21?,22?/m0/s1. The lowest BCUT2D eigenvalue weighted by Crippen LogP contribution is -2.40. The van der Waals surface area contributed by atoms with Gasteiger partial charge in [0, 0.05) is 24.3 Å². The second-order valence-electron chi connectivity index (χ2n) is 7.72. The topological polar surface area (TPSA) is 29.1 Å². The van der Waals surface area contributed by atoms with Crippen molar-refractivity contribution in [2.75, 3.05) is 6.54 Å². The summed E-state index contributed by atoms with van der Waals surface area (Å²) in [6.07, 6.45) is 3.17. The number of rotatable bonds is 5. The van der Waals surface area contributed by atoms with Crippen molar-refractivity contribution in [2.45, 2.75) is 44.9 Å². The largest absolute Gasteiger partial charge is 0.356 e. The zero-order valence-electron chi connectivity index (χ0n) is 15.2. The number of carbonyl (C=O) groups is 1. The first-order valence-corrected chi connectivity index (χ1v) is 9.66. The molecule has 0 saturated carbocycles. The Labute approximate surface area is 150 Å². The third-order valence-corrected chi connectivity index (χ3v) is 6.13. The van der Waals surface area contributed by atoms with Gasteiger partial charge in [0.2, 0.25) is 5.91 Å². The first-order valence-electron chi connectivity index (χ1n) is 9.66. The van der Waals surface area contributed by atoms with Gasteiger partial charge in [0.05, 0.1) is 0 Å². The second kappa shape index (κ2) is 6.67. The Balaban J connectivity index is 1.60. The predicted octanol–water partition coefficient (Wildman–Crippen LogP) is 4.84. The summed E-state index contributed by atoms with van der Waals surface area (Å²) >= 11 is 0. The summed E-state index contributed by atoms with van der Waals surface area (Å²) in [4.78, 5) is 12.4. The number of hydrogen-bond acceptors (Lipinski definition) is 1. The number of fused-ring (bicyclic) bond motifs is 1.